The number of Topliss-reactive ketones (excluding diaryl/α,β-unsaturated/α-hetero) is 1. The van der Waals surface area contributed by atoms with Crippen molar-refractivity contribution >= 4 is 16.6 Å². The third kappa shape index (κ3) is 1.67. The quantitative estimate of drug-likeness (QED) is 0.733. The van der Waals surface area contributed by atoms with Crippen LogP contribution in [0.1, 0.15) is 36.8 Å². The van der Waals surface area contributed by atoms with Gasteiger partial charge in [-0.3, -0.25) is 4.79 Å². The van der Waals surface area contributed by atoms with Gasteiger partial charge in [-0.2, -0.15) is 0 Å². The molecule has 2 unspecified atom stereocenters. The molecule has 0 saturated heterocycles. The SMILES string of the molecule is COc1ccc2cc3c(cc2c1)CCC(=O)C31CC2=CCC1C2. The van der Waals surface area contributed by atoms with E-state index in [1.54, 1.807) is 7.11 Å². The molecule has 2 heteroatoms. The van der Waals surface area contributed by atoms with Gasteiger partial charge in [-0.15, -0.1) is 0 Å². The number of ketones is 1. The highest BCUT2D eigenvalue weighted by molar-refractivity contribution is 5.97. The molecule has 2 atom stereocenters. The largest absolute Gasteiger partial charge is 0.497 e. The first-order chi connectivity index (χ1) is 11.2. The molecular formula is C21H20O2. The van der Waals surface area contributed by atoms with Gasteiger partial charge in [0.05, 0.1) is 12.5 Å². The maximum absolute atomic E-state index is 13.0. The number of rotatable bonds is 1. The molecule has 2 nitrogen and oxygen atoms in total. The van der Waals surface area contributed by atoms with E-state index in [-0.39, 0.29) is 5.41 Å². The van der Waals surface area contributed by atoms with Crippen molar-refractivity contribution < 1.29 is 9.53 Å². The molecule has 1 fully saturated rings. The van der Waals surface area contributed by atoms with Gasteiger partial charge in [-0.1, -0.05) is 23.8 Å². The zero-order valence-corrected chi connectivity index (χ0v) is 13.4. The summed E-state index contributed by atoms with van der Waals surface area (Å²) in [4.78, 5) is 13.0. The van der Waals surface area contributed by atoms with Crippen LogP contribution in [0.4, 0.5) is 0 Å². The van der Waals surface area contributed by atoms with Gasteiger partial charge in [-0.25, -0.2) is 0 Å². The predicted octanol–water partition coefficient (Wildman–Crippen LogP) is 4.34. The van der Waals surface area contributed by atoms with Gasteiger partial charge >= 0.3 is 0 Å². The van der Waals surface area contributed by atoms with Gasteiger partial charge in [-0.05, 0) is 71.7 Å². The lowest BCUT2D eigenvalue weighted by Crippen LogP contribution is -2.43. The Labute approximate surface area is 136 Å². The molecule has 0 aromatic heterocycles. The summed E-state index contributed by atoms with van der Waals surface area (Å²) in [5, 5.41) is 2.44. The lowest BCUT2D eigenvalue weighted by atomic mass is 9.61. The van der Waals surface area contributed by atoms with Crippen molar-refractivity contribution in [2.45, 2.75) is 37.5 Å². The highest BCUT2D eigenvalue weighted by Crippen LogP contribution is 2.57. The van der Waals surface area contributed by atoms with E-state index >= 15 is 0 Å². The summed E-state index contributed by atoms with van der Waals surface area (Å²) in [5.74, 6) is 1.87. The number of hydrogen-bond donors (Lipinski definition) is 0. The fourth-order valence-electron chi connectivity index (χ4n) is 5.15. The van der Waals surface area contributed by atoms with Crippen LogP contribution in [0.15, 0.2) is 42.0 Å². The second kappa shape index (κ2) is 4.47. The van der Waals surface area contributed by atoms with E-state index in [1.807, 2.05) is 6.07 Å². The van der Waals surface area contributed by atoms with Crippen LogP contribution in [0.3, 0.4) is 0 Å². The van der Waals surface area contributed by atoms with Crippen molar-refractivity contribution in [3.05, 3.63) is 53.1 Å². The molecule has 3 aliphatic rings. The summed E-state index contributed by atoms with van der Waals surface area (Å²) in [6.07, 6.45) is 7.13. The Bertz CT molecular complexity index is 877. The Morgan fingerprint density at radius 2 is 2.04 bits per heavy atom. The van der Waals surface area contributed by atoms with E-state index in [0.29, 0.717) is 18.1 Å². The number of hydrogen-bond acceptors (Lipinski definition) is 2. The molecule has 0 amide bonds. The van der Waals surface area contributed by atoms with Crippen LogP contribution >= 0.6 is 0 Å². The molecule has 5 rings (SSSR count). The minimum atomic E-state index is -0.216. The molecule has 0 aliphatic heterocycles. The van der Waals surface area contributed by atoms with Crippen LogP contribution in [-0.4, -0.2) is 12.9 Å². The van der Waals surface area contributed by atoms with Crippen molar-refractivity contribution in [1.29, 1.82) is 0 Å². The second-order valence-corrected chi connectivity index (χ2v) is 7.29. The van der Waals surface area contributed by atoms with Gasteiger partial charge < -0.3 is 4.74 Å². The minimum Gasteiger partial charge on any atom is -0.497 e. The van der Waals surface area contributed by atoms with Gasteiger partial charge in [0.25, 0.3) is 0 Å². The zero-order chi connectivity index (χ0) is 15.6. The third-order valence-electron chi connectivity index (χ3n) is 6.27. The maximum Gasteiger partial charge on any atom is 0.144 e. The number of ether oxygens (including phenoxy) is 1. The summed E-state index contributed by atoms with van der Waals surface area (Å²) < 4.78 is 5.36. The number of carbonyl (C=O) groups is 1. The number of aryl methyl sites for hydroxylation is 1. The van der Waals surface area contributed by atoms with Gasteiger partial charge in [0.2, 0.25) is 0 Å². The van der Waals surface area contributed by atoms with Gasteiger partial charge in [0.1, 0.15) is 11.5 Å². The summed E-state index contributed by atoms with van der Waals surface area (Å²) >= 11 is 0. The number of carbonyl (C=O) groups excluding carboxylic acids is 1. The van der Waals surface area contributed by atoms with Gasteiger partial charge in [0, 0.05) is 6.42 Å². The average Bonchev–Trinajstić information content (AvgIpc) is 3.18. The molecular weight excluding hydrogens is 284 g/mol. The van der Waals surface area contributed by atoms with Crippen LogP contribution in [0.25, 0.3) is 10.8 Å². The van der Waals surface area contributed by atoms with Crippen molar-refractivity contribution in [2.24, 2.45) is 5.92 Å². The molecule has 3 aliphatic carbocycles. The number of methoxy groups -OCH3 is 1. The topological polar surface area (TPSA) is 26.3 Å². The molecule has 0 heterocycles. The average molecular weight is 304 g/mol. The Kier molecular flexibility index (Phi) is 2.60. The summed E-state index contributed by atoms with van der Waals surface area (Å²) in [6, 6.07) is 10.8. The molecule has 2 bridgehead atoms. The monoisotopic (exact) mass is 304 g/mol. The van der Waals surface area contributed by atoms with E-state index < -0.39 is 0 Å². The molecule has 1 saturated carbocycles. The zero-order valence-electron chi connectivity index (χ0n) is 13.4. The summed E-state index contributed by atoms with van der Waals surface area (Å²) in [7, 11) is 1.70. The van der Waals surface area contributed by atoms with E-state index in [0.717, 1.165) is 31.4 Å². The number of allylic oxidation sites excluding steroid dienone is 2. The smallest absolute Gasteiger partial charge is 0.144 e. The van der Waals surface area contributed by atoms with E-state index in [2.05, 4.69) is 30.3 Å². The first-order valence-corrected chi connectivity index (χ1v) is 8.53. The normalized spacial score (nSPS) is 28.3. The molecule has 2 aromatic rings. The van der Waals surface area contributed by atoms with Crippen molar-refractivity contribution in [3.8, 4) is 5.75 Å². The van der Waals surface area contributed by atoms with Crippen LogP contribution in [0.2, 0.25) is 0 Å². The third-order valence-corrected chi connectivity index (χ3v) is 6.27. The highest BCUT2D eigenvalue weighted by atomic mass is 16.5. The van der Waals surface area contributed by atoms with E-state index in [1.165, 1.54) is 27.5 Å². The minimum absolute atomic E-state index is 0.216. The lowest BCUT2D eigenvalue weighted by Gasteiger charge is -2.40. The molecule has 23 heavy (non-hydrogen) atoms. The summed E-state index contributed by atoms with van der Waals surface area (Å²) in [6.45, 7) is 0. The Morgan fingerprint density at radius 1 is 1.13 bits per heavy atom. The van der Waals surface area contributed by atoms with E-state index in [9.17, 15) is 4.79 Å². The standard InChI is InChI=1S/C21H20O2/c1-23-18-6-3-14-11-19-15(9-16(14)10-18)4-7-20(22)21(19)12-13-2-5-17(21)8-13/h2-3,6,9-11,17H,4-5,7-8,12H2,1H3. The molecule has 0 radical (unpaired) electrons. The van der Waals surface area contributed by atoms with Crippen LogP contribution in [0, 0.1) is 5.92 Å². The fourth-order valence-corrected chi connectivity index (χ4v) is 5.15. The molecule has 2 aromatic carbocycles. The van der Waals surface area contributed by atoms with Crippen LogP contribution in [-0.2, 0) is 16.6 Å². The first kappa shape index (κ1) is 13.4. The van der Waals surface area contributed by atoms with Gasteiger partial charge in [0.15, 0.2) is 0 Å². The first-order valence-electron chi connectivity index (χ1n) is 8.53. The van der Waals surface area contributed by atoms with Crippen LogP contribution in [0.5, 0.6) is 5.75 Å². The Balaban J connectivity index is 1.75. The van der Waals surface area contributed by atoms with E-state index in [4.69, 9.17) is 4.74 Å². The second-order valence-electron chi connectivity index (χ2n) is 7.29. The predicted molar refractivity (Wildman–Crippen MR) is 90.9 cm³/mol. The van der Waals surface area contributed by atoms with Crippen molar-refractivity contribution in [2.75, 3.05) is 7.11 Å². The highest BCUT2D eigenvalue weighted by Gasteiger charge is 2.54. The maximum atomic E-state index is 13.0. The number of benzene rings is 2. The fraction of sp³-hybridized carbons (Fsp3) is 0.381. The molecule has 1 spiro atoms. The summed E-state index contributed by atoms with van der Waals surface area (Å²) in [5.41, 5.74) is 3.98. The van der Waals surface area contributed by atoms with Crippen LogP contribution < -0.4 is 4.74 Å². The van der Waals surface area contributed by atoms with Crippen molar-refractivity contribution in [1.82, 2.24) is 0 Å². The lowest BCUT2D eigenvalue weighted by molar-refractivity contribution is -0.126. The number of fused-ring (bicyclic) bond motifs is 6. The Morgan fingerprint density at radius 3 is 2.78 bits per heavy atom. The molecule has 116 valence electrons. The van der Waals surface area contributed by atoms with Crippen molar-refractivity contribution in [3.63, 3.8) is 0 Å². The molecule has 0 N–H and O–H groups in total. The Hall–Kier alpha value is -2.09.